The van der Waals surface area contributed by atoms with Crippen LogP contribution < -0.4 is 0 Å². The van der Waals surface area contributed by atoms with Crippen LogP contribution in [0.2, 0.25) is 0 Å². The first-order valence-electron chi connectivity index (χ1n) is 6.19. The molecular weight excluding hydrogens is 212 g/mol. The molecule has 0 saturated carbocycles. The summed E-state index contributed by atoms with van der Waals surface area (Å²) in [5.74, 6) is 0. The van der Waals surface area contributed by atoms with Crippen molar-refractivity contribution in [3.05, 3.63) is 35.9 Å². The molecule has 1 aromatic rings. The number of nitriles is 1. The van der Waals surface area contributed by atoms with Crippen LogP contribution >= 0.6 is 0 Å². The van der Waals surface area contributed by atoms with Crippen LogP contribution in [0.3, 0.4) is 0 Å². The van der Waals surface area contributed by atoms with E-state index in [4.69, 9.17) is 0 Å². The van der Waals surface area contributed by atoms with Gasteiger partial charge in [-0.25, -0.2) is 0 Å². The SMILES string of the molecule is N#C[C@@H]([C@@H](O)c1ccccc1)N1CCCCC1. The summed E-state index contributed by atoms with van der Waals surface area (Å²) in [6.45, 7) is 1.84. The van der Waals surface area contributed by atoms with Crippen LogP contribution in [0.25, 0.3) is 0 Å². The van der Waals surface area contributed by atoms with E-state index >= 15 is 0 Å². The Morgan fingerprint density at radius 2 is 1.76 bits per heavy atom. The Morgan fingerprint density at radius 3 is 2.35 bits per heavy atom. The van der Waals surface area contributed by atoms with E-state index in [2.05, 4.69) is 11.0 Å². The molecule has 2 atom stereocenters. The van der Waals surface area contributed by atoms with E-state index in [0.29, 0.717) is 0 Å². The molecule has 1 heterocycles. The summed E-state index contributed by atoms with van der Waals surface area (Å²) in [6, 6.07) is 11.3. The first-order chi connectivity index (χ1) is 8.33. The molecule has 0 aromatic heterocycles. The molecule has 0 bridgehead atoms. The fourth-order valence-electron chi connectivity index (χ4n) is 2.38. The van der Waals surface area contributed by atoms with Crippen molar-refractivity contribution in [3.63, 3.8) is 0 Å². The van der Waals surface area contributed by atoms with Gasteiger partial charge in [-0.3, -0.25) is 4.90 Å². The molecule has 0 amide bonds. The highest BCUT2D eigenvalue weighted by Gasteiger charge is 2.27. The van der Waals surface area contributed by atoms with Crippen LogP contribution in [-0.4, -0.2) is 29.1 Å². The fourth-order valence-corrected chi connectivity index (χ4v) is 2.38. The topological polar surface area (TPSA) is 47.3 Å². The highest BCUT2D eigenvalue weighted by atomic mass is 16.3. The van der Waals surface area contributed by atoms with Crippen LogP contribution in [0.4, 0.5) is 0 Å². The second-order valence-electron chi connectivity index (χ2n) is 4.53. The van der Waals surface area contributed by atoms with Crippen molar-refractivity contribution in [2.75, 3.05) is 13.1 Å². The van der Waals surface area contributed by atoms with Crippen molar-refractivity contribution >= 4 is 0 Å². The fraction of sp³-hybridized carbons (Fsp3) is 0.500. The molecule has 17 heavy (non-hydrogen) atoms. The van der Waals surface area contributed by atoms with Gasteiger partial charge in [0.1, 0.15) is 12.1 Å². The third kappa shape index (κ3) is 2.85. The highest BCUT2D eigenvalue weighted by molar-refractivity contribution is 5.21. The summed E-state index contributed by atoms with van der Waals surface area (Å²) in [4.78, 5) is 2.10. The molecule has 1 saturated heterocycles. The second-order valence-corrected chi connectivity index (χ2v) is 4.53. The Labute approximate surface area is 102 Å². The Kier molecular flexibility index (Phi) is 4.13. The number of piperidine rings is 1. The molecule has 1 N–H and O–H groups in total. The first-order valence-corrected chi connectivity index (χ1v) is 6.19. The van der Waals surface area contributed by atoms with Gasteiger partial charge in [0.05, 0.1) is 6.07 Å². The van der Waals surface area contributed by atoms with Crippen molar-refractivity contribution in [2.24, 2.45) is 0 Å². The molecule has 3 nitrogen and oxygen atoms in total. The maximum atomic E-state index is 10.3. The molecule has 1 aromatic carbocycles. The van der Waals surface area contributed by atoms with Gasteiger partial charge in [-0.15, -0.1) is 0 Å². The second kappa shape index (κ2) is 5.81. The third-order valence-corrected chi connectivity index (χ3v) is 3.36. The van der Waals surface area contributed by atoms with E-state index in [1.807, 2.05) is 30.3 Å². The average molecular weight is 230 g/mol. The maximum Gasteiger partial charge on any atom is 0.128 e. The summed E-state index contributed by atoms with van der Waals surface area (Å²) in [6.07, 6.45) is 2.77. The lowest BCUT2D eigenvalue weighted by molar-refractivity contribution is 0.0657. The molecule has 2 rings (SSSR count). The monoisotopic (exact) mass is 230 g/mol. The van der Waals surface area contributed by atoms with Gasteiger partial charge in [0.25, 0.3) is 0 Å². The van der Waals surface area contributed by atoms with Gasteiger partial charge in [0.15, 0.2) is 0 Å². The molecule has 90 valence electrons. The lowest BCUT2D eigenvalue weighted by atomic mass is 9.99. The minimum Gasteiger partial charge on any atom is -0.386 e. The van der Waals surface area contributed by atoms with Crippen LogP contribution in [0, 0.1) is 11.3 Å². The van der Waals surface area contributed by atoms with Crippen LogP contribution in [0.15, 0.2) is 30.3 Å². The van der Waals surface area contributed by atoms with E-state index < -0.39 is 12.1 Å². The molecule has 1 aliphatic heterocycles. The van der Waals surface area contributed by atoms with Crippen molar-refractivity contribution in [1.82, 2.24) is 4.90 Å². The lowest BCUT2D eigenvalue weighted by Gasteiger charge is -2.33. The number of aliphatic hydroxyl groups is 1. The maximum absolute atomic E-state index is 10.3. The van der Waals surface area contributed by atoms with E-state index in [1.54, 1.807) is 0 Å². The predicted molar refractivity (Wildman–Crippen MR) is 66.2 cm³/mol. The van der Waals surface area contributed by atoms with Gasteiger partial charge in [-0.2, -0.15) is 5.26 Å². The summed E-state index contributed by atoms with van der Waals surface area (Å²) in [5, 5.41) is 19.5. The number of benzene rings is 1. The number of aliphatic hydroxyl groups excluding tert-OH is 1. The standard InChI is InChI=1S/C14H18N2O/c15-11-13(16-9-5-2-6-10-16)14(17)12-7-3-1-4-8-12/h1,3-4,7-8,13-14,17H,2,5-6,9-10H2/t13-,14-/m0/s1. The zero-order chi connectivity index (χ0) is 12.1. The summed E-state index contributed by atoms with van der Waals surface area (Å²) < 4.78 is 0. The summed E-state index contributed by atoms with van der Waals surface area (Å²) in [7, 11) is 0. The predicted octanol–water partition coefficient (Wildman–Crippen LogP) is 2.10. The molecule has 0 aliphatic carbocycles. The van der Waals surface area contributed by atoms with Gasteiger partial charge in [-0.05, 0) is 31.5 Å². The number of rotatable bonds is 3. The zero-order valence-electron chi connectivity index (χ0n) is 9.92. The summed E-state index contributed by atoms with van der Waals surface area (Å²) in [5.41, 5.74) is 0.824. The average Bonchev–Trinajstić information content (AvgIpc) is 2.42. The minimum absolute atomic E-state index is 0.419. The zero-order valence-corrected chi connectivity index (χ0v) is 9.92. The largest absolute Gasteiger partial charge is 0.386 e. The number of hydrogen-bond donors (Lipinski definition) is 1. The Bertz CT molecular complexity index is 379. The molecule has 1 fully saturated rings. The van der Waals surface area contributed by atoms with Gasteiger partial charge in [0, 0.05) is 0 Å². The minimum atomic E-state index is -0.709. The molecular formula is C14H18N2O. The van der Waals surface area contributed by atoms with E-state index in [-0.39, 0.29) is 0 Å². The molecule has 0 radical (unpaired) electrons. The van der Waals surface area contributed by atoms with Gasteiger partial charge < -0.3 is 5.11 Å². The lowest BCUT2D eigenvalue weighted by Crippen LogP contribution is -2.41. The van der Waals surface area contributed by atoms with Gasteiger partial charge in [0.2, 0.25) is 0 Å². The van der Waals surface area contributed by atoms with Crippen molar-refractivity contribution in [3.8, 4) is 6.07 Å². The molecule has 3 heteroatoms. The summed E-state index contributed by atoms with van der Waals surface area (Å²) >= 11 is 0. The third-order valence-electron chi connectivity index (χ3n) is 3.36. The van der Waals surface area contributed by atoms with Crippen LogP contribution in [0.5, 0.6) is 0 Å². The molecule has 0 spiro atoms. The van der Waals surface area contributed by atoms with Crippen molar-refractivity contribution in [2.45, 2.75) is 31.4 Å². The van der Waals surface area contributed by atoms with Crippen molar-refractivity contribution in [1.29, 1.82) is 5.26 Å². The Morgan fingerprint density at radius 1 is 1.12 bits per heavy atom. The highest BCUT2D eigenvalue weighted by Crippen LogP contribution is 2.23. The van der Waals surface area contributed by atoms with E-state index in [0.717, 1.165) is 31.5 Å². The van der Waals surface area contributed by atoms with E-state index in [1.165, 1.54) is 6.42 Å². The van der Waals surface area contributed by atoms with Gasteiger partial charge in [-0.1, -0.05) is 36.8 Å². The quantitative estimate of drug-likeness (QED) is 0.865. The smallest absolute Gasteiger partial charge is 0.128 e. The van der Waals surface area contributed by atoms with Gasteiger partial charge >= 0.3 is 0 Å². The number of nitrogens with zero attached hydrogens (tertiary/aromatic N) is 2. The van der Waals surface area contributed by atoms with Crippen molar-refractivity contribution < 1.29 is 5.11 Å². The first kappa shape index (κ1) is 12.1. The number of likely N-dealkylation sites (tertiary alicyclic amines) is 1. The number of hydrogen-bond acceptors (Lipinski definition) is 3. The van der Waals surface area contributed by atoms with E-state index in [9.17, 15) is 10.4 Å². The van der Waals surface area contributed by atoms with Crippen LogP contribution in [0.1, 0.15) is 30.9 Å². The molecule has 1 aliphatic rings. The Hall–Kier alpha value is -1.37. The van der Waals surface area contributed by atoms with Crippen LogP contribution in [-0.2, 0) is 0 Å². The Balaban J connectivity index is 2.10. The normalized spacial score (nSPS) is 20.5. The molecule has 0 unspecified atom stereocenters.